The summed E-state index contributed by atoms with van der Waals surface area (Å²) in [7, 11) is -0.145. The summed E-state index contributed by atoms with van der Waals surface area (Å²) >= 11 is 36.7. The molecule has 0 amide bonds. The molecular formula is C26H17BCl6INO6. The van der Waals surface area contributed by atoms with Crippen molar-refractivity contribution < 1.29 is 29.5 Å². The number of aromatic carboxylic acids is 1. The van der Waals surface area contributed by atoms with Gasteiger partial charge in [0.05, 0.1) is 43.3 Å². The number of aromatic nitrogens is 1. The highest BCUT2D eigenvalue weighted by atomic mass is 127. The lowest BCUT2D eigenvalue weighted by molar-refractivity contribution is 0.0599. The monoisotopic (exact) mass is 787 g/mol. The fraction of sp³-hybridized carbons (Fsp3) is 0.0385. The van der Waals surface area contributed by atoms with Gasteiger partial charge in [-0.2, -0.15) is 0 Å². The third-order valence-corrected chi connectivity index (χ3v) is 8.22. The van der Waals surface area contributed by atoms with Crippen molar-refractivity contribution in [1.82, 2.24) is 4.98 Å². The van der Waals surface area contributed by atoms with E-state index in [0.29, 0.717) is 47.3 Å². The van der Waals surface area contributed by atoms with Gasteiger partial charge in [0.15, 0.2) is 0 Å². The first-order valence-electron chi connectivity index (χ1n) is 10.9. The van der Waals surface area contributed by atoms with Crippen LogP contribution in [-0.4, -0.2) is 46.3 Å². The summed E-state index contributed by atoms with van der Waals surface area (Å²) in [5.41, 5.74) is 2.06. The molecule has 1 aromatic heterocycles. The standard InChI is InChI=1S/C12H6Cl3NO2.C8H6ClIO2.C6H5BCl2O2/c13-9-2-1-6(4-10(9)14)8-3-7(12(17)18)5-16-11(8)15;1-12-8(11)5-2-3-6(9)7(10)4-5;8-5-2-1-4(7(10)11)3-6(5)9/h1-5H,(H,17,18);2-4H,1H3;1-3,10-11H. The van der Waals surface area contributed by atoms with Crippen LogP contribution < -0.4 is 5.46 Å². The fourth-order valence-corrected chi connectivity index (χ4v) is 4.29. The predicted molar refractivity (Wildman–Crippen MR) is 173 cm³/mol. The van der Waals surface area contributed by atoms with Gasteiger partial charge in [0.25, 0.3) is 0 Å². The van der Waals surface area contributed by atoms with Gasteiger partial charge in [-0.1, -0.05) is 81.7 Å². The SMILES string of the molecule is COC(=O)c1ccc(Cl)c(I)c1.O=C(O)c1cnc(Cl)c(-c2ccc(Cl)c(Cl)c2)c1.OB(O)c1ccc(Cl)c(Cl)c1. The minimum absolute atomic E-state index is 0.0560. The number of pyridine rings is 1. The van der Waals surface area contributed by atoms with Gasteiger partial charge in [-0.15, -0.1) is 0 Å². The summed E-state index contributed by atoms with van der Waals surface area (Å²) in [6.07, 6.45) is 1.20. The van der Waals surface area contributed by atoms with Crippen molar-refractivity contribution in [2.75, 3.05) is 7.11 Å². The van der Waals surface area contributed by atoms with E-state index < -0.39 is 13.1 Å². The average Bonchev–Trinajstić information content (AvgIpc) is 2.93. The summed E-state index contributed by atoms with van der Waals surface area (Å²) in [4.78, 5) is 25.7. The number of ether oxygens (including phenoxy) is 1. The van der Waals surface area contributed by atoms with E-state index in [-0.39, 0.29) is 16.7 Å². The highest BCUT2D eigenvalue weighted by Crippen LogP contribution is 2.32. The first-order chi connectivity index (χ1) is 19.2. The molecule has 0 atom stereocenters. The number of methoxy groups -OCH3 is 1. The fourth-order valence-electron chi connectivity index (χ4n) is 2.85. The largest absolute Gasteiger partial charge is 0.488 e. The molecule has 0 aliphatic heterocycles. The zero-order chi connectivity index (χ0) is 30.9. The smallest absolute Gasteiger partial charge is 0.478 e. The quantitative estimate of drug-likeness (QED) is 0.0837. The normalized spacial score (nSPS) is 10.0. The van der Waals surface area contributed by atoms with Gasteiger partial charge in [0.2, 0.25) is 0 Å². The highest BCUT2D eigenvalue weighted by molar-refractivity contribution is 14.1. The van der Waals surface area contributed by atoms with Crippen molar-refractivity contribution in [1.29, 1.82) is 0 Å². The van der Waals surface area contributed by atoms with Crippen molar-refractivity contribution in [2.45, 2.75) is 0 Å². The second kappa shape index (κ2) is 16.7. The van der Waals surface area contributed by atoms with Gasteiger partial charge < -0.3 is 19.9 Å². The predicted octanol–water partition coefficient (Wildman–Crippen LogP) is 7.81. The van der Waals surface area contributed by atoms with Gasteiger partial charge in [-0.3, -0.25) is 0 Å². The maximum absolute atomic E-state index is 11.0. The van der Waals surface area contributed by atoms with E-state index in [1.807, 2.05) is 0 Å². The average molecular weight is 790 g/mol. The Balaban J connectivity index is 0.000000225. The molecule has 1 heterocycles. The number of carboxylic acid groups (broad SMARTS) is 1. The second-order valence-corrected chi connectivity index (χ2v) is 11.2. The van der Waals surface area contributed by atoms with Crippen LogP contribution in [0.15, 0.2) is 66.9 Å². The van der Waals surface area contributed by atoms with Crippen LogP contribution in [0.2, 0.25) is 30.3 Å². The van der Waals surface area contributed by atoms with Crippen molar-refractivity contribution in [3.63, 3.8) is 0 Å². The number of carbonyl (C=O) groups excluding carboxylic acids is 1. The number of benzene rings is 3. The van der Waals surface area contributed by atoms with Gasteiger partial charge >= 0.3 is 19.1 Å². The van der Waals surface area contributed by atoms with Gasteiger partial charge in [-0.25, -0.2) is 14.6 Å². The molecule has 0 unspecified atom stereocenters. The van der Waals surface area contributed by atoms with Crippen LogP contribution in [0, 0.1) is 3.57 Å². The Morgan fingerprint density at radius 1 is 0.780 bits per heavy atom. The second-order valence-electron chi connectivity index (χ2n) is 7.66. The summed E-state index contributed by atoms with van der Waals surface area (Å²) < 4.78 is 5.39. The number of hydrogen-bond donors (Lipinski definition) is 3. The van der Waals surface area contributed by atoms with Crippen LogP contribution in [0.1, 0.15) is 20.7 Å². The van der Waals surface area contributed by atoms with E-state index in [1.165, 1.54) is 37.6 Å². The molecule has 7 nitrogen and oxygen atoms in total. The van der Waals surface area contributed by atoms with E-state index in [1.54, 1.807) is 36.4 Å². The number of halogens is 7. The van der Waals surface area contributed by atoms with E-state index in [2.05, 4.69) is 32.3 Å². The number of esters is 1. The van der Waals surface area contributed by atoms with Crippen LogP contribution in [0.25, 0.3) is 11.1 Å². The first kappa shape index (κ1) is 35.4. The summed E-state index contributed by atoms with van der Waals surface area (Å²) in [5.74, 6) is -1.41. The van der Waals surface area contributed by atoms with Crippen LogP contribution >= 0.6 is 92.2 Å². The lowest BCUT2D eigenvalue weighted by Crippen LogP contribution is -2.29. The molecule has 41 heavy (non-hydrogen) atoms. The Kier molecular flexibility index (Phi) is 14.5. The third kappa shape index (κ3) is 10.8. The zero-order valence-corrected chi connectivity index (χ0v) is 27.3. The maximum atomic E-state index is 11.0. The van der Waals surface area contributed by atoms with E-state index >= 15 is 0 Å². The number of hydrogen-bond acceptors (Lipinski definition) is 6. The van der Waals surface area contributed by atoms with Gasteiger partial charge in [-0.05, 0) is 82.1 Å². The molecule has 0 saturated carbocycles. The summed E-state index contributed by atoms with van der Waals surface area (Å²) in [6, 6.07) is 15.8. The van der Waals surface area contributed by atoms with Gasteiger partial charge in [0.1, 0.15) is 5.15 Å². The number of rotatable bonds is 4. The Bertz CT molecular complexity index is 1560. The Morgan fingerprint density at radius 2 is 1.37 bits per heavy atom. The molecule has 0 fully saturated rings. The molecule has 3 aromatic carbocycles. The molecule has 214 valence electrons. The molecular weight excluding hydrogens is 773 g/mol. The minimum Gasteiger partial charge on any atom is -0.478 e. The minimum atomic E-state index is -1.50. The molecule has 3 N–H and O–H groups in total. The molecule has 0 aliphatic rings. The summed E-state index contributed by atoms with van der Waals surface area (Å²) in [6.45, 7) is 0. The molecule has 4 rings (SSSR count). The Hall–Kier alpha value is -1.80. The molecule has 0 spiro atoms. The van der Waals surface area contributed by atoms with Gasteiger partial charge in [0, 0.05) is 15.3 Å². The van der Waals surface area contributed by atoms with Crippen molar-refractivity contribution in [3.8, 4) is 11.1 Å². The zero-order valence-electron chi connectivity index (χ0n) is 20.6. The molecule has 0 saturated heterocycles. The first-order valence-corrected chi connectivity index (χ1v) is 14.3. The number of carboxylic acids is 1. The van der Waals surface area contributed by atoms with Crippen LogP contribution in [0.4, 0.5) is 0 Å². The number of nitrogens with zero attached hydrogens (tertiary/aromatic N) is 1. The van der Waals surface area contributed by atoms with E-state index in [9.17, 15) is 9.59 Å². The third-order valence-electron chi connectivity index (χ3n) is 4.90. The van der Waals surface area contributed by atoms with Crippen LogP contribution in [0.5, 0.6) is 0 Å². The Morgan fingerprint density at radius 3 is 1.88 bits per heavy atom. The molecule has 4 aromatic rings. The molecule has 0 aliphatic carbocycles. The van der Waals surface area contributed by atoms with Crippen molar-refractivity contribution in [2.24, 2.45) is 0 Å². The van der Waals surface area contributed by atoms with E-state index in [4.69, 9.17) is 84.8 Å². The topological polar surface area (TPSA) is 117 Å². The number of carbonyl (C=O) groups is 2. The van der Waals surface area contributed by atoms with Crippen molar-refractivity contribution in [3.05, 3.63) is 112 Å². The van der Waals surface area contributed by atoms with E-state index in [0.717, 1.165) is 3.57 Å². The maximum Gasteiger partial charge on any atom is 0.488 e. The molecule has 0 bridgehead atoms. The lowest BCUT2D eigenvalue weighted by atomic mass is 9.80. The Labute approximate surface area is 279 Å². The highest BCUT2D eigenvalue weighted by Gasteiger charge is 2.12. The van der Waals surface area contributed by atoms with Crippen molar-refractivity contribution >= 4 is 117 Å². The van der Waals surface area contributed by atoms with Crippen LogP contribution in [-0.2, 0) is 4.74 Å². The lowest BCUT2D eigenvalue weighted by Gasteiger charge is -2.06. The molecule has 15 heteroatoms. The van der Waals surface area contributed by atoms with Crippen LogP contribution in [0.3, 0.4) is 0 Å². The molecule has 0 radical (unpaired) electrons. The summed E-state index contributed by atoms with van der Waals surface area (Å²) in [5, 5.41) is 28.6.